The molecule has 3 heterocycles. The highest BCUT2D eigenvalue weighted by molar-refractivity contribution is 5.88. The van der Waals surface area contributed by atoms with Crippen LogP contribution in [-0.2, 0) is 14.2 Å². The molecule has 1 aromatic heterocycles. The zero-order valence-corrected chi connectivity index (χ0v) is 21.5. The molecule has 0 aliphatic carbocycles. The van der Waals surface area contributed by atoms with Crippen LogP contribution < -0.4 is 10.2 Å². The van der Waals surface area contributed by atoms with Crippen LogP contribution >= 0.6 is 0 Å². The molecule has 0 unspecified atom stereocenters. The molecule has 0 bridgehead atoms. The van der Waals surface area contributed by atoms with E-state index in [1.807, 2.05) is 0 Å². The van der Waals surface area contributed by atoms with Gasteiger partial charge in [0.1, 0.15) is 52.5 Å². The third-order valence-corrected chi connectivity index (χ3v) is 7.08. The SMILES string of the molecule is O=c1c(O[C@@H]2O[C@H](CO)[C@@H](O)[C@H](O)[C@H]2O[C@@H]2OC[C@](O)(CO)[C@@H]2O)c(-c2ccc(O)c(O)c2)oc2cc(O)cc(O)c12. The first-order valence-electron chi connectivity index (χ1n) is 12.5. The van der Waals surface area contributed by atoms with Gasteiger partial charge in [-0.3, -0.25) is 4.79 Å². The van der Waals surface area contributed by atoms with Gasteiger partial charge in [-0.1, -0.05) is 0 Å². The number of aliphatic hydroxyl groups is 6. The summed E-state index contributed by atoms with van der Waals surface area (Å²) in [5.41, 5.74) is -3.51. The summed E-state index contributed by atoms with van der Waals surface area (Å²) in [7, 11) is 0. The Morgan fingerprint density at radius 1 is 0.929 bits per heavy atom. The number of aliphatic hydroxyl groups excluding tert-OH is 5. The second kappa shape index (κ2) is 11.2. The highest BCUT2D eigenvalue weighted by Gasteiger charge is 2.53. The third kappa shape index (κ3) is 5.08. The van der Waals surface area contributed by atoms with Crippen molar-refractivity contribution in [2.75, 3.05) is 19.8 Å². The lowest BCUT2D eigenvalue weighted by molar-refractivity contribution is -0.319. The summed E-state index contributed by atoms with van der Waals surface area (Å²) in [5.74, 6) is -3.39. The van der Waals surface area contributed by atoms with Crippen molar-refractivity contribution in [3.05, 3.63) is 40.6 Å². The third-order valence-electron chi connectivity index (χ3n) is 7.08. The Hall–Kier alpha value is -3.71. The minimum Gasteiger partial charge on any atom is -0.508 e. The molecule has 16 nitrogen and oxygen atoms in total. The smallest absolute Gasteiger partial charge is 0.239 e. The number of ether oxygens (including phenoxy) is 4. The van der Waals surface area contributed by atoms with Crippen LogP contribution in [0.3, 0.4) is 0 Å². The topological polar surface area (TPSA) is 269 Å². The molecule has 2 fully saturated rings. The minimum absolute atomic E-state index is 0.0442. The van der Waals surface area contributed by atoms with Gasteiger partial charge >= 0.3 is 0 Å². The quantitative estimate of drug-likeness (QED) is 0.131. The minimum atomic E-state index is -2.12. The highest BCUT2D eigenvalue weighted by atomic mass is 16.8. The van der Waals surface area contributed by atoms with Crippen LogP contribution in [0.4, 0.5) is 0 Å². The van der Waals surface area contributed by atoms with Crippen LogP contribution in [0.1, 0.15) is 0 Å². The fourth-order valence-electron chi connectivity index (χ4n) is 4.71. The summed E-state index contributed by atoms with van der Waals surface area (Å²) in [4.78, 5) is 13.7. The van der Waals surface area contributed by atoms with Gasteiger partial charge in [0, 0.05) is 17.7 Å². The number of benzene rings is 2. The van der Waals surface area contributed by atoms with Crippen molar-refractivity contribution < 1.29 is 74.4 Å². The molecular formula is C26H28O16. The van der Waals surface area contributed by atoms with E-state index in [9.17, 15) is 55.9 Å². The number of aromatic hydroxyl groups is 4. The van der Waals surface area contributed by atoms with Crippen molar-refractivity contribution in [1.82, 2.24) is 0 Å². The number of hydrogen-bond acceptors (Lipinski definition) is 16. The predicted octanol–water partition coefficient (Wildman–Crippen LogP) is -2.07. The molecular weight excluding hydrogens is 568 g/mol. The van der Waals surface area contributed by atoms with Crippen molar-refractivity contribution >= 4 is 11.0 Å². The molecule has 2 aromatic carbocycles. The predicted molar refractivity (Wildman–Crippen MR) is 136 cm³/mol. The molecule has 16 heteroatoms. The Labute approximate surface area is 235 Å². The Morgan fingerprint density at radius 3 is 2.31 bits per heavy atom. The van der Waals surface area contributed by atoms with Crippen LogP contribution in [0.15, 0.2) is 39.5 Å². The maximum absolute atomic E-state index is 13.7. The number of phenols is 4. The molecule has 42 heavy (non-hydrogen) atoms. The monoisotopic (exact) mass is 596 g/mol. The molecule has 0 radical (unpaired) electrons. The summed E-state index contributed by atoms with van der Waals surface area (Å²) in [6, 6.07) is 5.21. The van der Waals surface area contributed by atoms with Crippen molar-refractivity contribution in [3.63, 3.8) is 0 Å². The Kier molecular flexibility index (Phi) is 7.92. The van der Waals surface area contributed by atoms with E-state index in [-0.39, 0.29) is 11.1 Å². The first-order chi connectivity index (χ1) is 19.9. The summed E-state index contributed by atoms with van der Waals surface area (Å²) >= 11 is 0. The Bertz CT molecular complexity index is 1520. The molecule has 3 aromatic rings. The molecule has 2 aliphatic heterocycles. The lowest BCUT2D eigenvalue weighted by Crippen LogP contribution is -2.62. The molecule has 0 amide bonds. The van der Waals surface area contributed by atoms with Crippen LogP contribution in [0.25, 0.3) is 22.3 Å². The van der Waals surface area contributed by atoms with Crippen molar-refractivity contribution in [3.8, 4) is 40.1 Å². The van der Waals surface area contributed by atoms with Gasteiger partial charge in [-0.2, -0.15) is 0 Å². The number of rotatable bonds is 7. The molecule has 10 N–H and O–H groups in total. The fourth-order valence-corrected chi connectivity index (χ4v) is 4.71. The van der Waals surface area contributed by atoms with Crippen LogP contribution in [0, 0.1) is 0 Å². The van der Waals surface area contributed by atoms with Crippen LogP contribution in [0.2, 0.25) is 0 Å². The number of hydrogen-bond donors (Lipinski definition) is 10. The average molecular weight is 596 g/mol. The lowest BCUT2D eigenvalue weighted by Gasteiger charge is -2.42. The Balaban J connectivity index is 1.62. The number of phenolic OH excluding ortho intramolecular Hbond substituents is 4. The summed E-state index contributed by atoms with van der Waals surface area (Å²) in [6.07, 6.45) is -12.3. The van der Waals surface area contributed by atoms with E-state index in [4.69, 9.17) is 23.4 Å². The van der Waals surface area contributed by atoms with E-state index in [2.05, 4.69) is 0 Å². The molecule has 228 valence electrons. The van der Waals surface area contributed by atoms with Gasteiger partial charge in [-0.15, -0.1) is 0 Å². The van der Waals surface area contributed by atoms with Gasteiger partial charge in [-0.25, -0.2) is 0 Å². The maximum Gasteiger partial charge on any atom is 0.239 e. The van der Waals surface area contributed by atoms with Gasteiger partial charge in [-0.05, 0) is 18.2 Å². The van der Waals surface area contributed by atoms with Gasteiger partial charge in [0.05, 0.1) is 19.8 Å². The van der Waals surface area contributed by atoms with Crippen molar-refractivity contribution in [1.29, 1.82) is 0 Å². The van der Waals surface area contributed by atoms with Crippen molar-refractivity contribution in [2.24, 2.45) is 0 Å². The molecule has 2 aliphatic rings. The van der Waals surface area contributed by atoms with E-state index < -0.39 is 114 Å². The zero-order chi connectivity index (χ0) is 30.5. The van der Waals surface area contributed by atoms with E-state index in [0.29, 0.717) is 0 Å². The second-order valence-corrected chi connectivity index (χ2v) is 9.94. The normalized spacial score (nSPS) is 31.4. The van der Waals surface area contributed by atoms with Crippen molar-refractivity contribution in [2.45, 2.75) is 48.7 Å². The maximum atomic E-state index is 13.7. The van der Waals surface area contributed by atoms with Gasteiger partial charge < -0.3 is 74.4 Å². The first kappa shape index (κ1) is 29.8. The number of fused-ring (bicyclic) bond motifs is 1. The standard InChI is InChI=1S/C26H28O16/c27-6-15-17(33)19(35)22(42-25-23(36)26(37,7-28)8-38-25)24(40-15)41-21-18(34)16-13(32)4-10(29)5-14(16)39-20(21)9-1-2-11(30)12(31)3-9/h1-5,15,17,19,22-25,27-33,35-37H,6-8H2/t15-,17-,19+,22-,23-,24+,25+,26-/m1/s1. The van der Waals surface area contributed by atoms with Crippen LogP contribution in [0.5, 0.6) is 28.7 Å². The Morgan fingerprint density at radius 2 is 1.67 bits per heavy atom. The van der Waals surface area contributed by atoms with E-state index in [1.54, 1.807) is 0 Å². The highest BCUT2D eigenvalue weighted by Crippen LogP contribution is 2.40. The summed E-state index contributed by atoms with van der Waals surface area (Å²) < 4.78 is 28.0. The molecule has 0 saturated carbocycles. The van der Waals surface area contributed by atoms with Gasteiger partial charge in [0.25, 0.3) is 0 Å². The molecule has 5 rings (SSSR count). The van der Waals surface area contributed by atoms with Gasteiger partial charge in [0.2, 0.25) is 17.5 Å². The fraction of sp³-hybridized carbons (Fsp3) is 0.423. The molecule has 8 atom stereocenters. The first-order valence-corrected chi connectivity index (χ1v) is 12.5. The molecule has 2 saturated heterocycles. The molecule has 0 spiro atoms. The van der Waals surface area contributed by atoms with Crippen LogP contribution in [-0.4, -0.2) is 120 Å². The second-order valence-electron chi connectivity index (χ2n) is 9.94. The van der Waals surface area contributed by atoms with E-state index in [0.717, 1.165) is 24.3 Å². The largest absolute Gasteiger partial charge is 0.508 e. The van der Waals surface area contributed by atoms with Gasteiger partial charge in [0.15, 0.2) is 29.7 Å². The van der Waals surface area contributed by atoms with E-state index >= 15 is 0 Å². The zero-order valence-electron chi connectivity index (χ0n) is 21.5. The summed E-state index contributed by atoms with van der Waals surface area (Å²) in [6.45, 7) is -2.31. The lowest BCUT2D eigenvalue weighted by atomic mass is 9.98. The van der Waals surface area contributed by atoms with E-state index in [1.165, 1.54) is 6.07 Å². The average Bonchev–Trinajstić information content (AvgIpc) is 3.23. The summed E-state index contributed by atoms with van der Waals surface area (Å²) in [5, 5.41) is 101.